The number of benzene rings is 2. The lowest BCUT2D eigenvalue weighted by atomic mass is 10.0. The van der Waals surface area contributed by atoms with E-state index < -0.39 is 15.8 Å². The summed E-state index contributed by atoms with van der Waals surface area (Å²) < 4.78 is 42.5. The van der Waals surface area contributed by atoms with E-state index in [1.807, 2.05) is 13.8 Å². The molecule has 2 heterocycles. The summed E-state index contributed by atoms with van der Waals surface area (Å²) in [6, 6.07) is 12.3. The fourth-order valence-corrected chi connectivity index (χ4v) is 5.28. The average Bonchev–Trinajstić information content (AvgIpc) is 3.24. The number of aromatic nitrogens is 3. The number of amides is 1. The van der Waals surface area contributed by atoms with Crippen LogP contribution in [0.25, 0.3) is 22.2 Å². The molecule has 206 valence electrons. The van der Waals surface area contributed by atoms with Gasteiger partial charge in [-0.15, -0.1) is 0 Å². The van der Waals surface area contributed by atoms with Crippen molar-refractivity contribution in [3.05, 3.63) is 82.3 Å². The smallest absolute Gasteiger partial charge is 0.277 e. The molecule has 0 fully saturated rings. The zero-order valence-electron chi connectivity index (χ0n) is 22.0. The van der Waals surface area contributed by atoms with Crippen molar-refractivity contribution in [2.24, 2.45) is 5.14 Å². The van der Waals surface area contributed by atoms with Gasteiger partial charge in [0.1, 0.15) is 23.7 Å². The molecule has 4 rings (SSSR count). The summed E-state index contributed by atoms with van der Waals surface area (Å²) in [5.74, 6) is -0.184. The summed E-state index contributed by atoms with van der Waals surface area (Å²) in [7, 11) is -4.01. The number of pyridine rings is 1. The molecule has 0 saturated heterocycles. The first-order valence-corrected chi connectivity index (χ1v) is 14.4. The molecule has 39 heavy (non-hydrogen) atoms. The van der Waals surface area contributed by atoms with E-state index in [2.05, 4.69) is 10.3 Å². The number of primary sulfonamides is 1. The summed E-state index contributed by atoms with van der Waals surface area (Å²) in [5, 5.41) is 8.16. The standard InChI is InChI=1S/C28H32FN5O4S/c1-3-5-14-31-26(35)18-33-15-13-23-27(28(33)36)34(25(32-23)8-4-2)17-20-12-11-19(16-22(20)29)21-9-6-7-10-24(21)39(30,37)38/h6-7,9-13,15-16H,3-5,8,14,17-18H2,1-2H3,(H,31,35)(H2,30,37,38). The highest BCUT2D eigenvalue weighted by Gasteiger charge is 2.19. The number of aryl methyl sites for hydroxylation is 1. The van der Waals surface area contributed by atoms with Crippen LogP contribution >= 0.6 is 0 Å². The number of halogens is 1. The normalized spacial score (nSPS) is 11.7. The summed E-state index contributed by atoms with van der Waals surface area (Å²) in [5.41, 5.74) is 1.35. The highest BCUT2D eigenvalue weighted by atomic mass is 32.2. The molecule has 2 aromatic heterocycles. The third-order valence-electron chi connectivity index (χ3n) is 6.48. The highest BCUT2D eigenvalue weighted by molar-refractivity contribution is 7.89. The number of nitrogens with zero attached hydrogens (tertiary/aromatic N) is 3. The van der Waals surface area contributed by atoms with Crippen LogP contribution in [0.1, 0.15) is 44.5 Å². The molecule has 0 atom stereocenters. The van der Waals surface area contributed by atoms with Gasteiger partial charge in [-0.3, -0.25) is 9.59 Å². The molecule has 11 heteroatoms. The minimum atomic E-state index is -4.01. The van der Waals surface area contributed by atoms with Gasteiger partial charge < -0.3 is 14.5 Å². The van der Waals surface area contributed by atoms with Gasteiger partial charge in [0, 0.05) is 30.3 Å². The summed E-state index contributed by atoms with van der Waals surface area (Å²) in [6.45, 7) is 4.47. The molecule has 0 aliphatic carbocycles. The van der Waals surface area contributed by atoms with Crippen LogP contribution in [0.2, 0.25) is 0 Å². The number of carbonyl (C=O) groups excluding carboxylic acids is 1. The predicted octanol–water partition coefficient (Wildman–Crippen LogP) is 3.57. The molecular formula is C28H32FN5O4S. The van der Waals surface area contributed by atoms with Gasteiger partial charge in [-0.2, -0.15) is 0 Å². The van der Waals surface area contributed by atoms with Gasteiger partial charge in [0.05, 0.1) is 17.0 Å². The third-order valence-corrected chi connectivity index (χ3v) is 7.44. The molecule has 4 aromatic rings. The maximum absolute atomic E-state index is 15.4. The Morgan fingerprint density at radius 1 is 1.10 bits per heavy atom. The molecule has 1 amide bonds. The van der Waals surface area contributed by atoms with Crippen LogP contribution in [0.4, 0.5) is 4.39 Å². The Bertz CT molecular complexity index is 1680. The number of sulfonamides is 1. The van der Waals surface area contributed by atoms with Crippen molar-refractivity contribution in [1.82, 2.24) is 19.4 Å². The van der Waals surface area contributed by atoms with E-state index in [0.29, 0.717) is 46.5 Å². The fraction of sp³-hybridized carbons (Fsp3) is 0.321. The monoisotopic (exact) mass is 553 g/mol. The van der Waals surface area contributed by atoms with Crippen molar-refractivity contribution in [3.63, 3.8) is 0 Å². The number of imidazole rings is 1. The van der Waals surface area contributed by atoms with Crippen molar-refractivity contribution in [2.75, 3.05) is 6.54 Å². The van der Waals surface area contributed by atoms with E-state index in [4.69, 9.17) is 5.14 Å². The van der Waals surface area contributed by atoms with E-state index in [0.717, 1.165) is 19.3 Å². The first kappa shape index (κ1) is 28.2. The molecule has 0 bridgehead atoms. The maximum atomic E-state index is 15.4. The first-order valence-electron chi connectivity index (χ1n) is 12.9. The number of rotatable bonds is 11. The van der Waals surface area contributed by atoms with Crippen molar-refractivity contribution < 1.29 is 17.6 Å². The van der Waals surface area contributed by atoms with Gasteiger partial charge in [0.25, 0.3) is 5.56 Å². The summed E-state index contributed by atoms with van der Waals surface area (Å²) >= 11 is 0. The second-order valence-electron chi connectivity index (χ2n) is 9.40. The van der Waals surface area contributed by atoms with E-state index in [1.54, 1.807) is 47.2 Å². The van der Waals surface area contributed by atoms with Crippen molar-refractivity contribution in [2.45, 2.75) is 57.5 Å². The van der Waals surface area contributed by atoms with Crippen LogP contribution in [-0.2, 0) is 34.3 Å². The van der Waals surface area contributed by atoms with Gasteiger partial charge >= 0.3 is 0 Å². The highest BCUT2D eigenvalue weighted by Crippen LogP contribution is 2.28. The van der Waals surface area contributed by atoms with Crippen LogP contribution in [-0.4, -0.2) is 35.0 Å². The Morgan fingerprint density at radius 2 is 1.87 bits per heavy atom. The van der Waals surface area contributed by atoms with Crippen LogP contribution in [0.15, 0.2) is 64.4 Å². The second-order valence-corrected chi connectivity index (χ2v) is 10.9. The van der Waals surface area contributed by atoms with Gasteiger partial charge in [0.15, 0.2) is 0 Å². The molecule has 0 spiro atoms. The Hall–Kier alpha value is -3.83. The molecule has 3 N–H and O–H groups in total. The molecule has 0 aliphatic heterocycles. The molecule has 0 aliphatic rings. The number of nitrogens with one attached hydrogen (secondary N) is 1. The number of fused-ring (bicyclic) bond motifs is 1. The summed E-state index contributed by atoms with van der Waals surface area (Å²) in [4.78, 5) is 30.3. The molecule has 2 aromatic carbocycles. The van der Waals surface area contributed by atoms with Gasteiger partial charge in [-0.05, 0) is 36.6 Å². The quantitative estimate of drug-likeness (QED) is 0.274. The largest absolute Gasteiger partial charge is 0.355 e. The zero-order valence-corrected chi connectivity index (χ0v) is 22.8. The minimum absolute atomic E-state index is 0.0384. The Labute approximate surface area is 226 Å². The molecule has 9 nitrogen and oxygen atoms in total. The number of hydrogen-bond acceptors (Lipinski definition) is 5. The lowest BCUT2D eigenvalue weighted by Gasteiger charge is -2.13. The lowest BCUT2D eigenvalue weighted by molar-refractivity contribution is -0.121. The van der Waals surface area contributed by atoms with Crippen molar-refractivity contribution >= 4 is 27.0 Å². The number of unbranched alkanes of at least 4 members (excludes halogenated alkanes) is 1. The third kappa shape index (κ3) is 6.26. The van der Waals surface area contributed by atoms with E-state index in [9.17, 15) is 18.0 Å². The van der Waals surface area contributed by atoms with E-state index in [1.165, 1.54) is 16.7 Å². The molecule has 0 radical (unpaired) electrons. The molecule has 0 unspecified atom stereocenters. The maximum Gasteiger partial charge on any atom is 0.277 e. The second kappa shape index (κ2) is 11.9. The van der Waals surface area contributed by atoms with Crippen molar-refractivity contribution in [3.8, 4) is 11.1 Å². The van der Waals surface area contributed by atoms with E-state index >= 15 is 4.39 Å². The Balaban J connectivity index is 1.72. The Kier molecular flexibility index (Phi) is 8.61. The van der Waals surface area contributed by atoms with Crippen LogP contribution in [0, 0.1) is 5.82 Å². The van der Waals surface area contributed by atoms with Gasteiger partial charge in [-0.1, -0.05) is 50.6 Å². The van der Waals surface area contributed by atoms with Crippen LogP contribution in [0.3, 0.4) is 0 Å². The number of carbonyl (C=O) groups is 1. The lowest BCUT2D eigenvalue weighted by Crippen LogP contribution is -2.33. The van der Waals surface area contributed by atoms with Crippen molar-refractivity contribution in [1.29, 1.82) is 0 Å². The first-order chi connectivity index (χ1) is 18.6. The number of hydrogen-bond donors (Lipinski definition) is 2. The molecule has 0 saturated carbocycles. The predicted molar refractivity (Wildman–Crippen MR) is 148 cm³/mol. The van der Waals surface area contributed by atoms with E-state index in [-0.39, 0.29) is 29.5 Å². The van der Waals surface area contributed by atoms with Crippen LogP contribution in [0.5, 0.6) is 0 Å². The minimum Gasteiger partial charge on any atom is -0.355 e. The fourth-order valence-electron chi connectivity index (χ4n) is 4.52. The molecular weight excluding hydrogens is 521 g/mol. The summed E-state index contributed by atoms with van der Waals surface area (Å²) in [6.07, 6.45) is 4.69. The van der Waals surface area contributed by atoms with Crippen LogP contribution < -0.4 is 16.0 Å². The SMILES string of the molecule is CCCCNC(=O)Cn1ccc2nc(CCC)n(Cc3ccc(-c4ccccc4S(N)(=O)=O)cc3F)c2c1=O. The topological polar surface area (TPSA) is 129 Å². The van der Waals surface area contributed by atoms with Gasteiger partial charge in [-0.25, -0.2) is 22.9 Å². The number of nitrogens with two attached hydrogens (primary N) is 1. The van der Waals surface area contributed by atoms with Gasteiger partial charge in [0.2, 0.25) is 15.9 Å². The Morgan fingerprint density at radius 3 is 2.56 bits per heavy atom. The zero-order chi connectivity index (χ0) is 28.2. The average molecular weight is 554 g/mol.